The molecule has 1 aliphatic rings. The standard InChI is InChI=1S/C13H13BrFN3O2/c14-9-6-8(2-3-10(9)15)11-17-12(20-18-11)13(19)4-1-5-16-7-13/h2-3,6,16,19H,1,4-5,7H2. The number of rotatable bonds is 2. The van der Waals surface area contributed by atoms with Crippen molar-refractivity contribution < 1.29 is 14.0 Å². The lowest BCUT2D eigenvalue weighted by Gasteiger charge is -2.28. The topological polar surface area (TPSA) is 71.2 Å². The third-order valence-electron chi connectivity index (χ3n) is 3.36. The molecule has 0 saturated carbocycles. The van der Waals surface area contributed by atoms with Gasteiger partial charge in [-0.1, -0.05) is 5.16 Å². The summed E-state index contributed by atoms with van der Waals surface area (Å²) in [6, 6.07) is 4.47. The van der Waals surface area contributed by atoms with E-state index in [0.29, 0.717) is 28.8 Å². The Hall–Kier alpha value is -1.31. The van der Waals surface area contributed by atoms with Crippen molar-refractivity contribution in [1.29, 1.82) is 0 Å². The van der Waals surface area contributed by atoms with E-state index in [1.807, 2.05) is 0 Å². The normalized spacial score (nSPS) is 22.9. The molecule has 2 heterocycles. The van der Waals surface area contributed by atoms with Crippen molar-refractivity contribution in [2.45, 2.75) is 18.4 Å². The quantitative estimate of drug-likeness (QED) is 0.876. The molecule has 1 atom stereocenters. The SMILES string of the molecule is OC1(c2nc(-c3ccc(F)c(Br)c3)no2)CCCNC1. The van der Waals surface area contributed by atoms with Crippen LogP contribution < -0.4 is 5.32 Å². The van der Waals surface area contributed by atoms with Gasteiger partial charge in [0, 0.05) is 12.1 Å². The van der Waals surface area contributed by atoms with E-state index in [9.17, 15) is 9.50 Å². The maximum atomic E-state index is 13.2. The van der Waals surface area contributed by atoms with Gasteiger partial charge in [-0.15, -0.1) is 0 Å². The van der Waals surface area contributed by atoms with Crippen LogP contribution in [0.5, 0.6) is 0 Å². The fourth-order valence-electron chi connectivity index (χ4n) is 2.24. The molecule has 0 radical (unpaired) electrons. The van der Waals surface area contributed by atoms with Gasteiger partial charge in [-0.2, -0.15) is 4.98 Å². The minimum Gasteiger partial charge on any atom is -0.379 e. The Morgan fingerprint density at radius 1 is 1.45 bits per heavy atom. The minimum absolute atomic E-state index is 0.195. The molecular weight excluding hydrogens is 329 g/mol. The third-order valence-corrected chi connectivity index (χ3v) is 3.97. The van der Waals surface area contributed by atoms with E-state index in [1.54, 1.807) is 12.1 Å². The van der Waals surface area contributed by atoms with E-state index in [-0.39, 0.29) is 11.7 Å². The van der Waals surface area contributed by atoms with E-state index in [4.69, 9.17) is 4.52 Å². The first-order chi connectivity index (χ1) is 9.58. The number of β-amino-alcohol motifs (C(OH)–C–C–N with tert-alkyl or cyclic N) is 1. The van der Waals surface area contributed by atoms with Crippen molar-refractivity contribution in [2.75, 3.05) is 13.1 Å². The zero-order valence-corrected chi connectivity index (χ0v) is 12.2. The summed E-state index contributed by atoms with van der Waals surface area (Å²) >= 11 is 3.12. The molecule has 3 rings (SSSR count). The molecule has 5 nitrogen and oxygen atoms in total. The van der Waals surface area contributed by atoms with Crippen LogP contribution in [0, 0.1) is 5.82 Å². The molecule has 1 saturated heterocycles. The molecule has 0 spiro atoms. The largest absolute Gasteiger partial charge is 0.379 e. The van der Waals surface area contributed by atoms with Gasteiger partial charge >= 0.3 is 0 Å². The summed E-state index contributed by atoms with van der Waals surface area (Å²) in [6.07, 6.45) is 1.42. The first-order valence-corrected chi connectivity index (χ1v) is 7.10. The predicted molar refractivity (Wildman–Crippen MR) is 73.4 cm³/mol. The van der Waals surface area contributed by atoms with Crippen LogP contribution in [-0.4, -0.2) is 28.3 Å². The zero-order valence-electron chi connectivity index (χ0n) is 10.6. The maximum Gasteiger partial charge on any atom is 0.260 e. The second kappa shape index (κ2) is 5.23. The summed E-state index contributed by atoms with van der Waals surface area (Å²) in [4.78, 5) is 4.24. The summed E-state index contributed by atoms with van der Waals surface area (Å²) in [6.45, 7) is 1.26. The average molecular weight is 342 g/mol. The van der Waals surface area contributed by atoms with Crippen LogP contribution in [0.25, 0.3) is 11.4 Å². The van der Waals surface area contributed by atoms with E-state index < -0.39 is 5.60 Å². The van der Waals surface area contributed by atoms with Gasteiger partial charge in [-0.05, 0) is 53.5 Å². The fourth-order valence-corrected chi connectivity index (χ4v) is 2.62. The Kier molecular flexibility index (Phi) is 3.57. The number of benzene rings is 1. The lowest BCUT2D eigenvalue weighted by Crippen LogP contribution is -2.43. The monoisotopic (exact) mass is 341 g/mol. The number of nitrogens with zero attached hydrogens (tertiary/aromatic N) is 2. The molecule has 2 aromatic rings. The maximum absolute atomic E-state index is 13.2. The Morgan fingerprint density at radius 2 is 2.30 bits per heavy atom. The van der Waals surface area contributed by atoms with E-state index in [0.717, 1.165) is 13.0 Å². The summed E-state index contributed by atoms with van der Waals surface area (Å²) in [5, 5.41) is 17.4. The second-order valence-corrected chi connectivity index (χ2v) is 5.72. The van der Waals surface area contributed by atoms with Gasteiger partial charge < -0.3 is 14.9 Å². The van der Waals surface area contributed by atoms with Gasteiger partial charge in [-0.25, -0.2) is 4.39 Å². The lowest BCUT2D eigenvalue weighted by atomic mass is 9.94. The van der Waals surface area contributed by atoms with E-state index >= 15 is 0 Å². The molecule has 0 amide bonds. The molecule has 0 aliphatic carbocycles. The summed E-state index contributed by atoms with van der Waals surface area (Å²) in [7, 11) is 0. The highest BCUT2D eigenvalue weighted by molar-refractivity contribution is 9.10. The molecule has 1 fully saturated rings. The number of nitrogens with one attached hydrogen (secondary N) is 1. The number of aromatic nitrogens is 2. The van der Waals surface area contributed by atoms with Gasteiger partial charge in [0.05, 0.1) is 4.47 Å². The van der Waals surface area contributed by atoms with Crippen LogP contribution in [0.15, 0.2) is 27.2 Å². The highest BCUT2D eigenvalue weighted by Gasteiger charge is 2.37. The molecule has 0 bridgehead atoms. The van der Waals surface area contributed by atoms with Crippen molar-refractivity contribution in [3.63, 3.8) is 0 Å². The van der Waals surface area contributed by atoms with Crippen molar-refractivity contribution >= 4 is 15.9 Å². The van der Waals surface area contributed by atoms with E-state index in [2.05, 4.69) is 31.4 Å². The number of hydrogen-bond acceptors (Lipinski definition) is 5. The van der Waals surface area contributed by atoms with Crippen molar-refractivity contribution in [1.82, 2.24) is 15.5 Å². The number of halogens is 2. The Labute approximate surface area is 123 Å². The molecule has 1 aromatic carbocycles. The smallest absolute Gasteiger partial charge is 0.260 e. The molecule has 1 unspecified atom stereocenters. The predicted octanol–water partition coefficient (Wildman–Crippen LogP) is 2.21. The molecule has 7 heteroatoms. The van der Waals surface area contributed by atoms with Gasteiger partial charge in [0.1, 0.15) is 5.82 Å². The third kappa shape index (κ3) is 2.48. The highest BCUT2D eigenvalue weighted by atomic mass is 79.9. The molecule has 20 heavy (non-hydrogen) atoms. The average Bonchev–Trinajstić information content (AvgIpc) is 2.93. The van der Waals surface area contributed by atoms with Crippen molar-refractivity contribution in [3.8, 4) is 11.4 Å². The number of aliphatic hydroxyl groups is 1. The van der Waals surface area contributed by atoms with Gasteiger partial charge in [0.15, 0.2) is 5.60 Å². The summed E-state index contributed by atoms with van der Waals surface area (Å²) in [5.41, 5.74) is -0.499. The fraction of sp³-hybridized carbons (Fsp3) is 0.385. The van der Waals surface area contributed by atoms with Crippen molar-refractivity contribution in [2.24, 2.45) is 0 Å². The van der Waals surface area contributed by atoms with Crippen molar-refractivity contribution in [3.05, 3.63) is 34.4 Å². The molecule has 2 N–H and O–H groups in total. The summed E-state index contributed by atoms with van der Waals surface area (Å²) in [5.74, 6) is 0.174. The summed E-state index contributed by atoms with van der Waals surface area (Å²) < 4.78 is 18.7. The molecule has 1 aliphatic heterocycles. The van der Waals surface area contributed by atoms with E-state index in [1.165, 1.54) is 6.07 Å². The zero-order chi connectivity index (χ0) is 14.2. The van der Waals surface area contributed by atoms with Crippen LogP contribution in [0.3, 0.4) is 0 Å². The molecular formula is C13H13BrFN3O2. The number of piperidine rings is 1. The van der Waals surface area contributed by atoms with Crippen LogP contribution in [0.1, 0.15) is 18.7 Å². The van der Waals surface area contributed by atoms with Gasteiger partial charge in [0.2, 0.25) is 5.82 Å². The Bertz CT molecular complexity index is 626. The minimum atomic E-state index is -1.12. The Balaban J connectivity index is 1.91. The first kappa shape index (κ1) is 13.7. The highest BCUT2D eigenvalue weighted by Crippen LogP contribution is 2.29. The van der Waals surface area contributed by atoms with Crippen LogP contribution in [-0.2, 0) is 5.60 Å². The molecule has 1 aromatic heterocycles. The first-order valence-electron chi connectivity index (χ1n) is 6.31. The Morgan fingerprint density at radius 3 is 3.00 bits per heavy atom. The molecule has 106 valence electrons. The van der Waals surface area contributed by atoms with Gasteiger partial charge in [-0.3, -0.25) is 0 Å². The number of hydrogen-bond donors (Lipinski definition) is 2. The van der Waals surface area contributed by atoms with Gasteiger partial charge in [0.25, 0.3) is 5.89 Å². The van der Waals surface area contributed by atoms with Crippen LogP contribution in [0.4, 0.5) is 4.39 Å². The lowest BCUT2D eigenvalue weighted by molar-refractivity contribution is -0.0167. The van der Waals surface area contributed by atoms with Crippen LogP contribution >= 0.6 is 15.9 Å². The van der Waals surface area contributed by atoms with Crippen LogP contribution in [0.2, 0.25) is 0 Å². The second-order valence-electron chi connectivity index (χ2n) is 4.86.